The maximum absolute atomic E-state index is 5.52. The van der Waals surface area contributed by atoms with E-state index in [2.05, 4.69) is 196 Å². The lowest BCUT2D eigenvalue weighted by Gasteiger charge is -2.48. The van der Waals surface area contributed by atoms with Crippen molar-refractivity contribution in [1.82, 2.24) is 9.13 Å². The predicted octanol–water partition coefficient (Wildman–Crippen LogP) is 13.8. The van der Waals surface area contributed by atoms with Crippen LogP contribution in [0.3, 0.4) is 0 Å². The van der Waals surface area contributed by atoms with E-state index in [1.54, 1.807) is 0 Å². The Hall–Kier alpha value is -6.78. The summed E-state index contributed by atoms with van der Waals surface area (Å²) in [6, 6.07) is 59.6. The topological polar surface area (TPSA) is 36.0 Å². The molecule has 3 heterocycles. The Morgan fingerprint density at radius 1 is 0.519 bits per heavy atom. The molecule has 0 saturated carbocycles. The Morgan fingerprint density at radius 3 is 1.98 bits per heavy atom. The lowest BCUT2D eigenvalue weighted by Crippen LogP contribution is -2.26. The third-order valence-electron chi connectivity index (χ3n) is 11.4. The molecule has 2 atom stereocenters. The Morgan fingerprint density at radius 2 is 1.17 bits per heavy atom. The second kappa shape index (κ2) is 12.4. The molecular weight excluding hydrogens is 657 g/mol. The van der Waals surface area contributed by atoms with Crippen molar-refractivity contribution in [2.75, 3.05) is 5.32 Å². The fourth-order valence-corrected chi connectivity index (χ4v) is 8.85. The zero-order chi connectivity index (χ0) is 35.6. The Labute approximate surface area is 314 Å². The molecule has 0 amide bonds. The summed E-state index contributed by atoms with van der Waals surface area (Å²) in [5.41, 5.74) is 14.3. The summed E-state index contributed by atoms with van der Waals surface area (Å²) in [5, 5.41) is 14.4. The van der Waals surface area contributed by atoms with E-state index in [4.69, 9.17) is 5.32 Å². The molecule has 0 fully saturated rings. The van der Waals surface area contributed by atoms with Gasteiger partial charge in [0.2, 0.25) is 0 Å². The van der Waals surface area contributed by atoms with E-state index < -0.39 is 0 Å². The summed E-state index contributed by atoms with van der Waals surface area (Å²) in [6.07, 6.45) is 8.61. The van der Waals surface area contributed by atoms with Crippen LogP contribution in [0.5, 0.6) is 0 Å². The molecule has 7 aromatic carbocycles. The van der Waals surface area contributed by atoms with Crippen LogP contribution in [0.4, 0.5) is 11.4 Å². The number of anilines is 1. The molecule has 0 saturated heterocycles. The van der Waals surface area contributed by atoms with Gasteiger partial charge < -0.3 is 19.8 Å². The van der Waals surface area contributed by atoms with Gasteiger partial charge in [0, 0.05) is 44.0 Å². The van der Waals surface area contributed by atoms with Crippen LogP contribution in [-0.4, -0.2) is 9.13 Å². The maximum atomic E-state index is 5.52. The van der Waals surface area contributed by atoms with E-state index >= 15 is 0 Å². The van der Waals surface area contributed by atoms with Crippen LogP contribution in [0.25, 0.3) is 76.9 Å². The molecule has 4 heteroatoms. The summed E-state index contributed by atoms with van der Waals surface area (Å²) in [6.45, 7) is 0. The minimum atomic E-state index is -0.217. The lowest BCUT2D eigenvalue weighted by atomic mass is 9.99. The molecule has 0 radical (unpaired) electrons. The van der Waals surface area contributed by atoms with Crippen LogP contribution in [0, 0.1) is 0 Å². The first-order valence-electron chi connectivity index (χ1n) is 18.9. The molecule has 0 bridgehead atoms. The average Bonchev–Trinajstić information content (AvgIpc) is 3.76. The molecule has 1 aliphatic heterocycles. The fraction of sp³-hybridized carbons (Fsp3) is 0.0800. The number of fused-ring (bicyclic) bond motifs is 7. The summed E-state index contributed by atoms with van der Waals surface area (Å²) in [7, 11) is 0. The highest BCUT2D eigenvalue weighted by atomic mass is 15.3. The van der Waals surface area contributed by atoms with Crippen molar-refractivity contribution in [1.29, 1.82) is 0 Å². The van der Waals surface area contributed by atoms with Crippen molar-refractivity contribution in [3.05, 3.63) is 193 Å². The molecule has 258 valence electrons. The number of nitrogens with zero attached hydrogens (tertiary/aromatic N) is 3. The van der Waals surface area contributed by atoms with Gasteiger partial charge in [0.05, 0.1) is 17.1 Å². The van der Waals surface area contributed by atoms with Gasteiger partial charge in [0.1, 0.15) is 0 Å². The van der Waals surface area contributed by atoms with Crippen molar-refractivity contribution in [3.63, 3.8) is 0 Å². The molecule has 2 aliphatic rings. The van der Waals surface area contributed by atoms with E-state index in [0.717, 1.165) is 24.2 Å². The first-order chi connectivity index (χ1) is 26.8. The van der Waals surface area contributed by atoms with Gasteiger partial charge in [-0.1, -0.05) is 133 Å². The summed E-state index contributed by atoms with van der Waals surface area (Å²) >= 11 is 0. The first kappa shape index (κ1) is 30.8. The zero-order valence-corrected chi connectivity index (χ0v) is 29.7. The van der Waals surface area contributed by atoms with Gasteiger partial charge in [-0.3, -0.25) is 0 Å². The Kier molecular flexibility index (Phi) is 7.09. The minimum absolute atomic E-state index is 0.0607. The third-order valence-corrected chi connectivity index (χ3v) is 11.4. The highest BCUT2D eigenvalue weighted by Gasteiger charge is 2.26. The highest BCUT2D eigenvalue weighted by molar-refractivity contribution is 6.13. The first-order valence-corrected chi connectivity index (χ1v) is 18.9. The number of hydrogen-bond donors (Lipinski definition) is 1. The summed E-state index contributed by atoms with van der Waals surface area (Å²) in [4.78, 5) is 0. The van der Waals surface area contributed by atoms with Crippen molar-refractivity contribution < 1.29 is 0 Å². The smallest absolute Gasteiger partial charge is 0.0560 e. The number of hydrogen-bond acceptors (Lipinski definition) is 1. The van der Waals surface area contributed by atoms with Gasteiger partial charge in [-0.2, -0.15) is 0 Å². The molecular formula is C50H37N4-. The van der Waals surface area contributed by atoms with Crippen LogP contribution >= 0.6 is 0 Å². The van der Waals surface area contributed by atoms with Crippen LogP contribution in [0.15, 0.2) is 182 Å². The Bertz CT molecular complexity index is 2950. The van der Waals surface area contributed by atoms with E-state index in [0.29, 0.717) is 0 Å². The van der Waals surface area contributed by atoms with Gasteiger partial charge in [0.25, 0.3) is 0 Å². The van der Waals surface area contributed by atoms with E-state index in [1.807, 2.05) is 0 Å². The predicted molar refractivity (Wildman–Crippen MR) is 227 cm³/mol. The van der Waals surface area contributed by atoms with Crippen LogP contribution in [-0.2, 0) is 0 Å². The molecule has 2 unspecified atom stereocenters. The van der Waals surface area contributed by atoms with Gasteiger partial charge in [-0.25, -0.2) is 0 Å². The SMILES string of the molecule is C1=CCCC(n2c3ccccc3c3cc(-c4ccc5c(c4)c4ccc(-c6ccccc6)cc4n5C4[N-]c5ccccc5NC4c4ccccc4)ccc32)=C1. The lowest BCUT2D eigenvalue weighted by molar-refractivity contribution is 0.530. The molecule has 0 spiro atoms. The number of benzene rings is 7. The van der Waals surface area contributed by atoms with Gasteiger partial charge in [-0.05, 0) is 95.4 Å². The van der Waals surface area contributed by atoms with Crippen molar-refractivity contribution in [2.24, 2.45) is 0 Å². The third kappa shape index (κ3) is 4.91. The van der Waals surface area contributed by atoms with Gasteiger partial charge >= 0.3 is 0 Å². The monoisotopic (exact) mass is 693 g/mol. The van der Waals surface area contributed by atoms with E-state index in [9.17, 15) is 0 Å². The second-order valence-corrected chi connectivity index (χ2v) is 14.5. The quantitative estimate of drug-likeness (QED) is 0.191. The molecule has 1 aliphatic carbocycles. The number of aromatic nitrogens is 2. The van der Waals surface area contributed by atoms with Crippen LogP contribution in [0.2, 0.25) is 0 Å². The Balaban J connectivity index is 1.12. The molecule has 9 aromatic rings. The van der Waals surface area contributed by atoms with E-state index in [-0.39, 0.29) is 12.2 Å². The van der Waals surface area contributed by atoms with Crippen LogP contribution < -0.4 is 5.32 Å². The van der Waals surface area contributed by atoms with Gasteiger partial charge in [-0.15, -0.1) is 5.69 Å². The molecule has 4 nitrogen and oxygen atoms in total. The molecule has 1 N–H and O–H groups in total. The fourth-order valence-electron chi connectivity index (χ4n) is 8.85. The molecule has 54 heavy (non-hydrogen) atoms. The minimum Gasteiger partial charge on any atom is -0.661 e. The number of nitrogens with one attached hydrogen (secondary N) is 1. The zero-order valence-electron chi connectivity index (χ0n) is 29.7. The highest BCUT2D eigenvalue weighted by Crippen LogP contribution is 2.50. The van der Waals surface area contributed by atoms with Gasteiger partial charge in [0.15, 0.2) is 0 Å². The normalized spacial score (nSPS) is 16.7. The number of para-hydroxylation sites is 3. The molecule has 2 aromatic heterocycles. The maximum Gasteiger partial charge on any atom is 0.0560 e. The van der Waals surface area contributed by atoms with Crippen molar-refractivity contribution >= 4 is 60.7 Å². The van der Waals surface area contributed by atoms with Crippen LogP contribution in [0.1, 0.15) is 30.6 Å². The van der Waals surface area contributed by atoms with Crippen molar-refractivity contribution in [2.45, 2.75) is 25.0 Å². The second-order valence-electron chi connectivity index (χ2n) is 14.5. The summed E-state index contributed by atoms with van der Waals surface area (Å²) in [5.74, 6) is 0. The summed E-state index contributed by atoms with van der Waals surface area (Å²) < 4.78 is 4.94. The molecule has 11 rings (SSSR count). The largest absolute Gasteiger partial charge is 0.661 e. The number of allylic oxidation sites excluding steroid dienone is 4. The van der Waals surface area contributed by atoms with E-state index in [1.165, 1.54) is 77.1 Å². The standard InChI is InChI=1S/C50H37N4/c1-4-14-33(15-5-1)37-24-27-40-42-31-36(35-25-28-46-41(30-35)39-20-10-13-23-45(39)53(46)38-18-8-3-9-19-38)26-29-47(42)54(48(40)32-37)50-49(34-16-6-2-7-17-34)51-43-21-11-12-22-44(43)52-50/h1-8,10-18,20-32,49-51H,9,19H2/q-1. The average molecular weight is 694 g/mol. The van der Waals surface area contributed by atoms with Crippen molar-refractivity contribution in [3.8, 4) is 22.3 Å². The number of rotatable bonds is 5.